The number of aromatic nitrogens is 5. The molecular formula is C20H20N6O2. The van der Waals surface area contributed by atoms with Crippen molar-refractivity contribution in [2.45, 2.75) is 13.8 Å². The number of nitrogens with zero attached hydrogens (tertiary/aromatic N) is 5. The van der Waals surface area contributed by atoms with Crippen LogP contribution in [-0.4, -0.2) is 36.9 Å². The highest BCUT2D eigenvalue weighted by molar-refractivity contribution is 6.03. The fraction of sp³-hybridized carbons (Fsp3) is 0.200. The Bertz CT molecular complexity index is 1140. The van der Waals surface area contributed by atoms with E-state index in [1.54, 1.807) is 39.8 Å². The third-order valence-electron chi connectivity index (χ3n) is 4.52. The first-order valence-electron chi connectivity index (χ1n) is 8.95. The van der Waals surface area contributed by atoms with Crippen LogP contribution in [0, 0.1) is 6.92 Å². The van der Waals surface area contributed by atoms with Gasteiger partial charge in [0.1, 0.15) is 5.75 Å². The number of ether oxygens (including phenoxy) is 1. The number of aryl methyl sites for hydroxylation is 1. The molecule has 0 saturated heterocycles. The number of rotatable bonds is 5. The molecule has 8 heteroatoms. The van der Waals surface area contributed by atoms with Gasteiger partial charge >= 0.3 is 0 Å². The summed E-state index contributed by atoms with van der Waals surface area (Å²) in [5.41, 5.74) is 4.32. The quantitative estimate of drug-likeness (QED) is 0.578. The first kappa shape index (κ1) is 17.7. The summed E-state index contributed by atoms with van der Waals surface area (Å²) >= 11 is 0. The highest BCUT2D eigenvalue weighted by Gasteiger charge is 2.16. The van der Waals surface area contributed by atoms with Gasteiger partial charge in [-0.05, 0) is 44.2 Å². The number of carbonyl (C=O) groups is 1. The number of hydrogen-bond donors (Lipinski definition) is 1. The van der Waals surface area contributed by atoms with E-state index in [0.29, 0.717) is 17.9 Å². The van der Waals surface area contributed by atoms with E-state index in [2.05, 4.69) is 20.5 Å². The van der Waals surface area contributed by atoms with Gasteiger partial charge in [-0.2, -0.15) is 10.2 Å². The lowest BCUT2D eigenvalue weighted by atomic mass is 10.2. The molecule has 0 unspecified atom stereocenters. The molecule has 4 aromatic rings. The molecule has 8 nitrogen and oxygen atoms in total. The Morgan fingerprint density at radius 2 is 2.00 bits per heavy atom. The van der Waals surface area contributed by atoms with Gasteiger partial charge in [0.05, 0.1) is 18.5 Å². The van der Waals surface area contributed by atoms with Crippen LogP contribution in [-0.2, 0) is 7.05 Å². The maximum Gasteiger partial charge on any atom is 0.276 e. The third kappa shape index (κ3) is 3.20. The molecule has 0 fully saturated rings. The molecule has 1 amide bonds. The van der Waals surface area contributed by atoms with Crippen LogP contribution in [0.15, 0.2) is 48.8 Å². The predicted molar refractivity (Wildman–Crippen MR) is 105 cm³/mol. The first-order valence-corrected chi connectivity index (χ1v) is 8.95. The minimum absolute atomic E-state index is 0.287. The highest BCUT2D eigenvalue weighted by Crippen LogP contribution is 2.23. The SMILES string of the molecule is CCOc1ccc(NC(=O)c2cc3nccc(-c4cnn(C)c4C)n3n2)cc1. The van der Waals surface area contributed by atoms with Gasteiger partial charge in [-0.25, -0.2) is 9.50 Å². The van der Waals surface area contributed by atoms with Crippen LogP contribution in [0.1, 0.15) is 23.1 Å². The van der Waals surface area contributed by atoms with Crippen LogP contribution in [0.3, 0.4) is 0 Å². The molecule has 0 aliphatic carbocycles. The van der Waals surface area contributed by atoms with Crippen molar-refractivity contribution in [3.8, 4) is 17.0 Å². The molecule has 0 aliphatic heterocycles. The lowest BCUT2D eigenvalue weighted by molar-refractivity contribution is 0.102. The molecule has 1 aromatic carbocycles. The second-order valence-corrected chi connectivity index (χ2v) is 6.31. The van der Waals surface area contributed by atoms with Crippen molar-refractivity contribution in [2.24, 2.45) is 7.05 Å². The molecule has 0 spiro atoms. The van der Waals surface area contributed by atoms with E-state index < -0.39 is 0 Å². The Labute approximate surface area is 161 Å². The summed E-state index contributed by atoms with van der Waals surface area (Å²) < 4.78 is 8.87. The number of anilines is 1. The molecule has 3 aromatic heterocycles. The zero-order valence-corrected chi connectivity index (χ0v) is 15.9. The molecular weight excluding hydrogens is 356 g/mol. The maximum atomic E-state index is 12.7. The Kier molecular flexibility index (Phi) is 4.52. The van der Waals surface area contributed by atoms with E-state index in [1.165, 1.54) is 0 Å². The largest absolute Gasteiger partial charge is 0.494 e. The summed E-state index contributed by atoms with van der Waals surface area (Å²) in [7, 11) is 1.88. The summed E-state index contributed by atoms with van der Waals surface area (Å²) in [4.78, 5) is 17.0. The van der Waals surface area contributed by atoms with Crippen LogP contribution in [0.2, 0.25) is 0 Å². The molecule has 142 valence electrons. The zero-order valence-electron chi connectivity index (χ0n) is 15.9. The van der Waals surface area contributed by atoms with E-state index in [9.17, 15) is 4.79 Å². The van der Waals surface area contributed by atoms with Crippen LogP contribution in [0.25, 0.3) is 16.9 Å². The second kappa shape index (κ2) is 7.15. The Morgan fingerprint density at radius 1 is 1.21 bits per heavy atom. The summed E-state index contributed by atoms with van der Waals surface area (Å²) in [5, 5.41) is 11.6. The van der Waals surface area contributed by atoms with E-state index in [1.807, 2.05) is 39.1 Å². The van der Waals surface area contributed by atoms with Crippen molar-refractivity contribution in [2.75, 3.05) is 11.9 Å². The van der Waals surface area contributed by atoms with Gasteiger partial charge in [0.15, 0.2) is 11.3 Å². The summed E-state index contributed by atoms with van der Waals surface area (Å²) in [5.74, 6) is 0.456. The third-order valence-corrected chi connectivity index (χ3v) is 4.52. The smallest absolute Gasteiger partial charge is 0.276 e. The zero-order chi connectivity index (χ0) is 19.7. The van der Waals surface area contributed by atoms with Crippen molar-refractivity contribution in [1.29, 1.82) is 0 Å². The molecule has 0 radical (unpaired) electrons. The standard InChI is InChI=1S/C20H20N6O2/c1-4-28-15-7-5-14(6-8-15)23-20(27)17-11-19-21-10-9-18(26(19)24-17)16-12-22-25(3)13(16)2/h5-12H,4H2,1-3H3,(H,23,27). The van der Waals surface area contributed by atoms with Gasteiger partial charge in [0.2, 0.25) is 0 Å². The monoisotopic (exact) mass is 376 g/mol. The van der Waals surface area contributed by atoms with Crippen molar-refractivity contribution in [1.82, 2.24) is 24.4 Å². The van der Waals surface area contributed by atoms with Gasteiger partial charge in [-0.1, -0.05) is 0 Å². The van der Waals surface area contributed by atoms with Crippen molar-refractivity contribution in [3.63, 3.8) is 0 Å². The van der Waals surface area contributed by atoms with Crippen LogP contribution < -0.4 is 10.1 Å². The van der Waals surface area contributed by atoms with Crippen molar-refractivity contribution >= 4 is 17.2 Å². The minimum atomic E-state index is -0.302. The summed E-state index contributed by atoms with van der Waals surface area (Å²) in [6, 6.07) is 10.7. The van der Waals surface area contributed by atoms with E-state index >= 15 is 0 Å². The molecule has 0 bridgehead atoms. The molecule has 0 saturated carbocycles. The number of hydrogen-bond acceptors (Lipinski definition) is 5. The lowest BCUT2D eigenvalue weighted by Gasteiger charge is -2.06. The molecule has 0 atom stereocenters. The number of nitrogens with one attached hydrogen (secondary N) is 1. The summed E-state index contributed by atoms with van der Waals surface area (Å²) in [6.45, 7) is 4.50. The van der Waals surface area contributed by atoms with E-state index in [0.717, 1.165) is 22.7 Å². The van der Waals surface area contributed by atoms with Crippen molar-refractivity contribution in [3.05, 3.63) is 60.2 Å². The number of amides is 1. The fourth-order valence-corrected chi connectivity index (χ4v) is 2.96. The summed E-state index contributed by atoms with van der Waals surface area (Å²) in [6.07, 6.45) is 3.48. The molecule has 3 heterocycles. The number of benzene rings is 1. The predicted octanol–water partition coefficient (Wildman–Crippen LogP) is 3.09. The number of carbonyl (C=O) groups excluding carboxylic acids is 1. The van der Waals surface area contributed by atoms with Gasteiger partial charge in [0, 0.05) is 36.3 Å². The molecule has 1 N–H and O–H groups in total. The van der Waals surface area contributed by atoms with Crippen LogP contribution in [0.5, 0.6) is 5.75 Å². The van der Waals surface area contributed by atoms with Crippen molar-refractivity contribution < 1.29 is 9.53 Å². The van der Waals surface area contributed by atoms with Gasteiger partial charge in [0.25, 0.3) is 5.91 Å². The van der Waals surface area contributed by atoms with Gasteiger partial charge in [-0.15, -0.1) is 0 Å². The highest BCUT2D eigenvalue weighted by atomic mass is 16.5. The van der Waals surface area contributed by atoms with Crippen LogP contribution in [0.4, 0.5) is 5.69 Å². The minimum Gasteiger partial charge on any atom is -0.494 e. The number of fused-ring (bicyclic) bond motifs is 1. The molecule has 0 aliphatic rings. The Hall–Kier alpha value is -3.68. The lowest BCUT2D eigenvalue weighted by Crippen LogP contribution is -2.12. The second-order valence-electron chi connectivity index (χ2n) is 6.31. The Morgan fingerprint density at radius 3 is 2.68 bits per heavy atom. The van der Waals surface area contributed by atoms with E-state index in [4.69, 9.17) is 4.74 Å². The van der Waals surface area contributed by atoms with Gasteiger partial charge < -0.3 is 10.1 Å². The van der Waals surface area contributed by atoms with Crippen LogP contribution >= 0.6 is 0 Å². The molecule has 28 heavy (non-hydrogen) atoms. The average Bonchev–Trinajstić information content (AvgIpc) is 3.28. The Balaban J connectivity index is 1.63. The maximum absolute atomic E-state index is 12.7. The fourth-order valence-electron chi connectivity index (χ4n) is 2.96. The normalized spacial score (nSPS) is 11.0. The van der Waals surface area contributed by atoms with E-state index in [-0.39, 0.29) is 11.6 Å². The topological polar surface area (TPSA) is 86.3 Å². The first-order chi connectivity index (χ1) is 13.6. The van der Waals surface area contributed by atoms with Gasteiger partial charge in [-0.3, -0.25) is 9.48 Å². The average molecular weight is 376 g/mol. The molecule has 4 rings (SSSR count).